The highest BCUT2D eigenvalue weighted by Gasteiger charge is 2.34. The molecule has 0 radical (unpaired) electrons. The van der Waals surface area contributed by atoms with Crippen LogP contribution in [0.1, 0.15) is 16.7 Å². The number of nitrogens with zero attached hydrogens (tertiary/aromatic N) is 1. The molecule has 0 spiro atoms. The summed E-state index contributed by atoms with van der Waals surface area (Å²) >= 11 is 0. The topological polar surface area (TPSA) is 24.9 Å². The Hall–Kier alpha value is -1.10. The molecule has 2 nitrogen and oxygen atoms in total. The lowest BCUT2D eigenvalue weighted by Crippen LogP contribution is -2.26. The summed E-state index contributed by atoms with van der Waals surface area (Å²) in [5.74, 6) is 0. The van der Waals surface area contributed by atoms with Crippen molar-refractivity contribution in [3.8, 4) is 0 Å². The van der Waals surface area contributed by atoms with E-state index in [2.05, 4.69) is 10.3 Å². The number of alkyl halides is 3. The lowest BCUT2D eigenvalue weighted by atomic mass is 9.98. The van der Waals surface area contributed by atoms with Crippen LogP contribution in [0.5, 0.6) is 0 Å². The zero-order valence-electron chi connectivity index (χ0n) is 7.36. The quantitative estimate of drug-likeness (QED) is 0.693. The Kier molecular flexibility index (Phi) is 2.19. The van der Waals surface area contributed by atoms with Gasteiger partial charge in [0.2, 0.25) is 0 Å². The summed E-state index contributed by atoms with van der Waals surface area (Å²) in [5, 5.41) is 3.01. The fourth-order valence-electron chi connectivity index (χ4n) is 1.66. The Labute approximate surface area is 79.2 Å². The first-order valence-corrected chi connectivity index (χ1v) is 4.32. The maximum Gasteiger partial charge on any atom is 0.418 e. The highest BCUT2D eigenvalue weighted by molar-refractivity contribution is 5.35. The van der Waals surface area contributed by atoms with Gasteiger partial charge in [0.05, 0.1) is 5.56 Å². The second-order valence-electron chi connectivity index (χ2n) is 3.25. The molecule has 0 fully saturated rings. The van der Waals surface area contributed by atoms with E-state index in [-0.39, 0.29) is 0 Å². The molecule has 1 aliphatic heterocycles. The minimum Gasteiger partial charge on any atom is -0.312 e. The monoisotopic (exact) mass is 202 g/mol. The van der Waals surface area contributed by atoms with E-state index < -0.39 is 11.7 Å². The van der Waals surface area contributed by atoms with Crippen LogP contribution in [-0.2, 0) is 19.1 Å². The van der Waals surface area contributed by atoms with Gasteiger partial charge in [-0.05, 0) is 24.1 Å². The van der Waals surface area contributed by atoms with Crippen molar-refractivity contribution >= 4 is 0 Å². The molecule has 1 N–H and O–H groups in total. The summed E-state index contributed by atoms with van der Waals surface area (Å²) < 4.78 is 37.5. The predicted octanol–water partition coefficient (Wildman–Crippen LogP) is 1.75. The van der Waals surface area contributed by atoms with Crippen molar-refractivity contribution in [1.82, 2.24) is 10.3 Å². The van der Waals surface area contributed by atoms with E-state index >= 15 is 0 Å². The number of aromatic nitrogens is 1. The zero-order valence-corrected chi connectivity index (χ0v) is 7.36. The van der Waals surface area contributed by atoms with Gasteiger partial charge in [-0.25, -0.2) is 0 Å². The fraction of sp³-hybridized carbons (Fsp3) is 0.444. The third kappa shape index (κ3) is 1.59. The van der Waals surface area contributed by atoms with Gasteiger partial charge >= 0.3 is 6.18 Å². The Morgan fingerprint density at radius 2 is 2.07 bits per heavy atom. The predicted molar refractivity (Wildman–Crippen MR) is 44.6 cm³/mol. The van der Waals surface area contributed by atoms with Gasteiger partial charge in [-0.2, -0.15) is 13.2 Å². The average molecular weight is 202 g/mol. The normalized spacial score (nSPS) is 16.5. The zero-order chi connectivity index (χ0) is 10.2. The molecular formula is C9H9F3N2. The average Bonchev–Trinajstić information content (AvgIpc) is 2.15. The number of fused-ring (bicyclic) bond motifs is 1. The van der Waals surface area contributed by atoms with Crippen LogP contribution in [0, 0.1) is 0 Å². The van der Waals surface area contributed by atoms with Crippen LogP contribution in [0.25, 0.3) is 0 Å². The lowest BCUT2D eigenvalue weighted by molar-refractivity contribution is -0.138. The molecule has 2 heterocycles. The van der Waals surface area contributed by atoms with Gasteiger partial charge in [0.25, 0.3) is 0 Å². The summed E-state index contributed by atoms with van der Waals surface area (Å²) in [4.78, 5) is 3.60. The van der Waals surface area contributed by atoms with Crippen LogP contribution < -0.4 is 5.32 Å². The standard InChI is InChI=1S/C9H9F3N2/c10-9(11,12)8-5-14-4-6-3-13-2-1-7(6)8/h4-5,13H,1-3H2. The third-order valence-electron chi connectivity index (χ3n) is 2.32. The van der Waals surface area contributed by atoms with Crippen LogP contribution in [0.15, 0.2) is 12.4 Å². The van der Waals surface area contributed by atoms with Gasteiger partial charge in [-0.15, -0.1) is 0 Å². The molecule has 0 saturated heterocycles. The molecule has 1 aliphatic rings. The molecular weight excluding hydrogens is 193 g/mol. The number of hydrogen-bond acceptors (Lipinski definition) is 2. The van der Waals surface area contributed by atoms with E-state index in [1.807, 2.05) is 0 Å². The maximum absolute atomic E-state index is 12.5. The first-order chi connectivity index (χ1) is 6.59. The SMILES string of the molecule is FC(F)(F)c1cncc2c1CCNC2. The van der Waals surface area contributed by atoms with Crippen LogP contribution in [0.2, 0.25) is 0 Å². The second kappa shape index (κ2) is 3.24. The Bertz CT molecular complexity index is 346. The highest BCUT2D eigenvalue weighted by atomic mass is 19.4. The van der Waals surface area contributed by atoms with Crippen molar-refractivity contribution in [1.29, 1.82) is 0 Å². The summed E-state index contributed by atoms with van der Waals surface area (Å²) in [5.41, 5.74) is 0.467. The summed E-state index contributed by atoms with van der Waals surface area (Å²) in [6.45, 7) is 1.08. The first-order valence-electron chi connectivity index (χ1n) is 4.32. The Balaban J connectivity index is 2.51. The highest BCUT2D eigenvalue weighted by Crippen LogP contribution is 2.33. The molecule has 0 unspecified atom stereocenters. The molecule has 0 saturated carbocycles. The first kappa shape index (κ1) is 9.45. The van der Waals surface area contributed by atoms with E-state index in [1.54, 1.807) is 0 Å². The number of halogens is 3. The third-order valence-corrected chi connectivity index (χ3v) is 2.32. The molecule has 0 bridgehead atoms. The summed E-state index contributed by atoms with van der Waals surface area (Å²) in [6, 6.07) is 0. The van der Waals surface area contributed by atoms with Crippen molar-refractivity contribution in [3.05, 3.63) is 29.1 Å². The summed E-state index contributed by atoms with van der Waals surface area (Å²) in [7, 11) is 0. The van der Waals surface area contributed by atoms with Crippen molar-refractivity contribution in [2.24, 2.45) is 0 Å². The molecule has 14 heavy (non-hydrogen) atoms. The van der Waals surface area contributed by atoms with Crippen LogP contribution in [0.3, 0.4) is 0 Å². The maximum atomic E-state index is 12.5. The number of rotatable bonds is 0. The molecule has 0 amide bonds. The van der Waals surface area contributed by atoms with Crippen molar-refractivity contribution in [3.63, 3.8) is 0 Å². The van der Waals surface area contributed by atoms with Crippen molar-refractivity contribution < 1.29 is 13.2 Å². The minimum absolute atomic E-state index is 0.395. The second-order valence-corrected chi connectivity index (χ2v) is 3.25. The van der Waals surface area contributed by atoms with E-state index in [0.29, 0.717) is 30.6 Å². The minimum atomic E-state index is -4.28. The van der Waals surface area contributed by atoms with E-state index in [1.165, 1.54) is 6.20 Å². The van der Waals surface area contributed by atoms with Gasteiger partial charge in [0.1, 0.15) is 0 Å². The lowest BCUT2D eigenvalue weighted by Gasteiger charge is -2.20. The van der Waals surface area contributed by atoms with Gasteiger partial charge < -0.3 is 5.32 Å². The Morgan fingerprint density at radius 3 is 2.79 bits per heavy atom. The molecule has 1 aromatic rings. The van der Waals surface area contributed by atoms with Crippen LogP contribution >= 0.6 is 0 Å². The van der Waals surface area contributed by atoms with Gasteiger partial charge in [0.15, 0.2) is 0 Å². The van der Waals surface area contributed by atoms with Crippen molar-refractivity contribution in [2.45, 2.75) is 19.1 Å². The van der Waals surface area contributed by atoms with Crippen LogP contribution in [-0.4, -0.2) is 11.5 Å². The molecule has 5 heteroatoms. The molecule has 0 aromatic carbocycles. The van der Waals surface area contributed by atoms with E-state index in [9.17, 15) is 13.2 Å². The number of pyridine rings is 1. The number of hydrogen-bond donors (Lipinski definition) is 1. The van der Waals surface area contributed by atoms with Crippen LogP contribution in [0.4, 0.5) is 13.2 Å². The molecule has 76 valence electrons. The number of nitrogens with one attached hydrogen (secondary N) is 1. The van der Waals surface area contributed by atoms with Gasteiger partial charge in [-0.1, -0.05) is 0 Å². The summed E-state index contributed by atoms with van der Waals surface area (Å²) in [6.07, 6.45) is -1.46. The molecule has 2 rings (SSSR count). The van der Waals surface area contributed by atoms with E-state index in [0.717, 1.165) is 6.20 Å². The Morgan fingerprint density at radius 1 is 1.29 bits per heavy atom. The van der Waals surface area contributed by atoms with Gasteiger partial charge in [0, 0.05) is 18.9 Å². The fourth-order valence-corrected chi connectivity index (χ4v) is 1.66. The van der Waals surface area contributed by atoms with Gasteiger partial charge in [-0.3, -0.25) is 4.98 Å². The van der Waals surface area contributed by atoms with Crippen molar-refractivity contribution in [2.75, 3.05) is 6.54 Å². The largest absolute Gasteiger partial charge is 0.418 e. The molecule has 0 atom stereocenters. The van der Waals surface area contributed by atoms with E-state index in [4.69, 9.17) is 0 Å². The smallest absolute Gasteiger partial charge is 0.312 e. The molecule has 0 aliphatic carbocycles. The molecule has 1 aromatic heterocycles.